The van der Waals surface area contributed by atoms with Crippen LogP contribution in [0.15, 0.2) is 18.3 Å². The third kappa shape index (κ3) is 2.94. The lowest BCUT2D eigenvalue weighted by Crippen LogP contribution is -2.37. The second-order valence-corrected chi connectivity index (χ2v) is 4.69. The van der Waals surface area contributed by atoms with Crippen LogP contribution in [0.5, 0.6) is 0 Å². The van der Waals surface area contributed by atoms with E-state index in [2.05, 4.69) is 17.2 Å². The van der Waals surface area contributed by atoms with E-state index in [0.717, 1.165) is 12.1 Å². The zero-order valence-electron chi connectivity index (χ0n) is 11.0. The fourth-order valence-corrected chi connectivity index (χ4v) is 2.23. The molecule has 0 saturated carbocycles. The van der Waals surface area contributed by atoms with Gasteiger partial charge < -0.3 is 10.1 Å². The molecule has 0 amide bonds. The number of carbonyl (C=O) groups is 1. The van der Waals surface area contributed by atoms with Crippen molar-refractivity contribution < 1.29 is 9.53 Å². The van der Waals surface area contributed by atoms with Crippen LogP contribution < -0.4 is 5.32 Å². The lowest BCUT2D eigenvalue weighted by Gasteiger charge is -2.15. The van der Waals surface area contributed by atoms with Gasteiger partial charge in [0.15, 0.2) is 0 Å². The van der Waals surface area contributed by atoms with Crippen LogP contribution in [0.1, 0.15) is 18.2 Å². The summed E-state index contributed by atoms with van der Waals surface area (Å²) in [5.41, 5.74) is 2.04. The second-order valence-electron chi connectivity index (χ2n) is 4.69. The summed E-state index contributed by atoms with van der Waals surface area (Å²) in [6, 6.07) is 4.13. The highest BCUT2D eigenvalue weighted by molar-refractivity contribution is 5.84. The van der Waals surface area contributed by atoms with Crippen LogP contribution >= 0.6 is 0 Å². The molecule has 4 nitrogen and oxygen atoms in total. The molecule has 98 valence electrons. The molecule has 0 radical (unpaired) electrons. The van der Waals surface area contributed by atoms with Crippen LogP contribution in [0.3, 0.4) is 0 Å². The smallest absolute Gasteiger partial charge is 0.145 e. The van der Waals surface area contributed by atoms with Crippen LogP contribution in [0.25, 0.3) is 0 Å². The summed E-state index contributed by atoms with van der Waals surface area (Å²) >= 11 is 0. The summed E-state index contributed by atoms with van der Waals surface area (Å²) < 4.78 is 5.35. The fraction of sp³-hybridized carbons (Fsp3) is 0.571. The lowest BCUT2D eigenvalue weighted by atomic mass is 9.95. The molecule has 1 saturated heterocycles. The largest absolute Gasteiger partial charge is 0.379 e. The number of nitrogens with zero attached hydrogens (tertiary/aromatic N) is 1. The van der Waals surface area contributed by atoms with Crippen molar-refractivity contribution in [3.63, 3.8) is 0 Å². The van der Waals surface area contributed by atoms with E-state index in [0.29, 0.717) is 19.6 Å². The summed E-state index contributed by atoms with van der Waals surface area (Å²) in [6.45, 7) is 3.24. The van der Waals surface area contributed by atoms with E-state index in [1.54, 1.807) is 0 Å². The number of likely N-dealkylation sites (N-methyl/N-ethyl adjacent to an activating group) is 1. The monoisotopic (exact) mass is 248 g/mol. The summed E-state index contributed by atoms with van der Waals surface area (Å²) in [5, 5.41) is 3.13. The van der Waals surface area contributed by atoms with Crippen LogP contribution in [-0.2, 0) is 22.4 Å². The summed E-state index contributed by atoms with van der Waals surface area (Å²) in [5.74, 6) is 0.172. The molecule has 1 aliphatic rings. The second kappa shape index (κ2) is 6.07. The number of aryl methyl sites for hydroxylation is 1. The van der Waals surface area contributed by atoms with Crippen molar-refractivity contribution in [3.8, 4) is 0 Å². The van der Waals surface area contributed by atoms with Crippen molar-refractivity contribution in [1.82, 2.24) is 10.3 Å². The van der Waals surface area contributed by atoms with Gasteiger partial charge in [0.1, 0.15) is 5.78 Å². The number of nitrogens with one attached hydrogen (secondary N) is 1. The number of ketones is 1. The number of hydrogen-bond acceptors (Lipinski definition) is 4. The van der Waals surface area contributed by atoms with E-state index < -0.39 is 0 Å². The Morgan fingerprint density at radius 2 is 2.33 bits per heavy atom. The van der Waals surface area contributed by atoms with Crippen LogP contribution in [0.4, 0.5) is 0 Å². The minimum absolute atomic E-state index is 0.0392. The van der Waals surface area contributed by atoms with E-state index in [4.69, 9.17) is 4.74 Å². The molecule has 0 bridgehead atoms. The molecular weight excluding hydrogens is 228 g/mol. The molecule has 0 spiro atoms. The van der Waals surface area contributed by atoms with Gasteiger partial charge in [0, 0.05) is 24.4 Å². The third-order valence-corrected chi connectivity index (χ3v) is 3.51. The van der Waals surface area contributed by atoms with Gasteiger partial charge in [-0.05, 0) is 25.1 Å². The van der Waals surface area contributed by atoms with Gasteiger partial charge in [-0.3, -0.25) is 9.78 Å². The maximum absolute atomic E-state index is 12.2. The molecule has 0 aromatic carbocycles. The fourth-order valence-electron chi connectivity index (χ4n) is 2.23. The van der Waals surface area contributed by atoms with E-state index in [-0.39, 0.29) is 17.7 Å². The number of Topliss-reactive ketones (excluding diaryl/α,β-unsaturated/α-hetero) is 1. The standard InChI is InChI=1S/C14H20N2O2/c1-3-10-4-5-11(16-7-10)6-14(17)12-8-18-9-13(12)15-2/h4-5,7,12-13,15H,3,6,8-9H2,1-2H3. The van der Waals surface area contributed by atoms with Gasteiger partial charge >= 0.3 is 0 Å². The molecule has 2 unspecified atom stereocenters. The van der Waals surface area contributed by atoms with Crippen molar-refractivity contribution >= 4 is 5.78 Å². The Hall–Kier alpha value is -1.26. The molecule has 1 aromatic rings. The van der Waals surface area contributed by atoms with Gasteiger partial charge in [0.2, 0.25) is 0 Å². The molecule has 1 aromatic heterocycles. The van der Waals surface area contributed by atoms with Crippen LogP contribution in [-0.4, -0.2) is 37.1 Å². The minimum Gasteiger partial charge on any atom is -0.379 e. The molecule has 2 atom stereocenters. The third-order valence-electron chi connectivity index (χ3n) is 3.51. The Kier molecular flexibility index (Phi) is 4.44. The normalized spacial score (nSPS) is 23.2. The highest BCUT2D eigenvalue weighted by Crippen LogP contribution is 2.16. The van der Waals surface area contributed by atoms with Crippen LogP contribution in [0, 0.1) is 5.92 Å². The van der Waals surface area contributed by atoms with E-state index in [1.807, 2.05) is 25.4 Å². The Morgan fingerprint density at radius 1 is 1.50 bits per heavy atom. The number of pyridine rings is 1. The van der Waals surface area contributed by atoms with Crippen molar-refractivity contribution in [2.45, 2.75) is 25.8 Å². The zero-order chi connectivity index (χ0) is 13.0. The molecule has 1 N–H and O–H groups in total. The number of ether oxygens (including phenoxy) is 1. The number of carbonyl (C=O) groups excluding carboxylic acids is 1. The lowest BCUT2D eigenvalue weighted by molar-refractivity contribution is -0.122. The zero-order valence-corrected chi connectivity index (χ0v) is 11.0. The quantitative estimate of drug-likeness (QED) is 0.844. The van der Waals surface area contributed by atoms with Crippen molar-refractivity contribution in [2.75, 3.05) is 20.3 Å². The SMILES string of the molecule is CCc1ccc(CC(=O)C2COCC2NC)nc1. The van der Waals surface area contributed by atoms with E-state index in [1.165, 1.54) is 5.56 Å². The number of rotatable bonds is 5. The summed E-state index contributed by atoms with van der Waals surface area (Å²) in [7, 11) is 1.87. The molecule has 18 heavy (non-hydrogen) atoms. The van der Waals surface area contributed by atoms with E-state index >= 15 is 0 Å². The van der Waals surface area contributed by atoms with Crippen LogP contribution in [0.2, 0.25) is 0 Å². The highest BCUT2D eigenvalue weighted by Gasteiger charge is 2.32. The first-order valence-electron chi connectivity index (χ1n) is 6.46. The Labute approximate surface area is 108 Å². The maximum Gasteiger partial charge on any atom is 0.145 e. The van der Waals surface area contributed by atoms with Gasteiger partial charge in [-0.15, -0.1) is 0 Å². The number of hydrogen-bond donors (Lipinski definition) is 1. The Bertz CT molecular complexity index is 403. The van der Waals surface area contributed by atoms with Gasteiger partial charge in [-0.25, -0.2) is 0 Å². The predicted octanol–water partition coefficient (Wildman–Crippen LogP) is 0.990. The van der Waals surface area contributed by atoms with Crippen molar-refractivity contribution in [2.24, 2.45) is 5.92 Å². The summed E-state index contributed by atoms with van der Waals surface area (Å²) in [4.78, 5) is 16.5. The first kappa shape index (κ1) is 13.2. The first-order valence-corrected chi connectivity index (χ1v) is 6.46. The number of aromatic nitrogens is 1. The van der Waals surface area contributed by atoms with E-state index in [9.17, 15) is 4.79 Å². The van der Waals surface area contributed by atoms with Gasteiger partial charge in [-0.2, -0.15) is 0 Å². The average molecular weight is 248 g/mol. The topological polar surface area (TPSA) is 51.2 Å². The Balaban J connectivity index is 1.97. The van der Waals surface area contributed by atoms with Gasteiger partial charge in [-0.1, -0.05) is 13.0 Å². The van der Waals surface area contributed by atoms with Crippen molar-refractivity contribution in [3.05, 3.63) is 29.6 Å². The van der Waals surface area contributed by atoms with Crippen molar-refractivity contribution in [1.29, 1.82) is 0 Å². The molecule has 4 heteroatoms. The molecule has 1 fully saturated rings. The predicted molar refractivity (Wildman–Crippen MR) is 69.5 cm³/mol. The summed E-state index contributed by atoms with van der Waals surface area (Å²) in [6.07, 6.45) is 3.22. The van der Waals surface area contributed by atoms with Gasteiger partial charge in [0.05, 0.1) is 19.1 Å². The van der Waals surface area contributed by atoms with Gasteiger partial charge in [0.25, 0.3) is 0 Å². The molecule has 1 aliphatic heterocycles. The first-order chi connectivity index (χ1) is 8.74. The Morgan fingerprint density at radius 3 is 2.94 bits per heavy atom. The average Bonchev–Trinajstić information content (AvgIpc) is 2.88. The molecular formula is C14H20N2O2. The minimum atomic E-state index is -0.0392. The molecule has 2 rings (SSSR count). The molecule has 0 aliphatic carbocycles. The maximum atomic E-state index is 12.2. The highest BCUT2D eigenvalue weighted by atomic mass is 16.5. The molecule has 2 heterocycles.